The summed E-state index contributed by atoms with van der Waals surface area (Å²) in [6.45, 7) is 4.00. The quantitative estimate of drug-likeness (QED) is 0.424. The summed E-state index contributed by atoms with van der Waals surface area (Å²) in [6.07, 6.45) is 1.59. The Kier molecular flexibility index (Phi) is 6.18. The second-order valence-electron chi connectivity index (χ2n) is 7.23. The Balaban J connectivity index is 1.44. The highest BCUT2D eigenvalue weighted by Crippen LogP contribution is 2.20. The number of hydrogen-bond donors (Lipinski definition) is 2. The number of fused-ring (bicyclic) bond motifs is 1. The van der Waals surface area contributed by atoms with E-state index in [9.17, 15) is 14.0 Å². The molecule has 32 heavy (non-hydrogen) atoms. The minimum Gasteiger partial charge on any atom is -0.325 e. The molecule has 0 aliphatic rings. The van der Waals surface area contributed by atoms with Crippen molar-refractivity contribution in [3.05, 3.63) is 83.3 Å². The summed E-state index contributed by atoms with van der Waals surface area (Å²) in [5, 5.41) is 14.2. The van der Waals surface area contributed by atoms with E-state index in [-0.39, 0.29) is 11.7 Å². The number of nitrogens with one attached hydrogen (secondary N) is 2. The van der Waals surface area contributed by atoms with E-state index in [1.54, 1.807) is 28.8 Å². The molecule has 4 rings (SSSR count). The largest absolute Gasteiger partial charge is 0.325 e. The summed E-state index contributed by atoms with van der Waals surface area (Å²) in [6, 6.07) is 14.7. The van der Waals surface area contributed by atoms with E-state index in [4.69, 9.17) is 0 Å². The first-order chi connectivity index (χ1) is 15.4. The predicted octanol–water partition coefficient (Wildman–Crippen LogP) is 4.47. The molecule has 2 N–H and O–H groups in total. The lowest BCUT2D eigenvalue weighted by Crippen LogP contribution is -2.15. The Morgan fingerprint density at radius 2 is 1.78 bits per heavy atom. The fraction of sp³-hybridized carbons (Fsp3) is 0.130. The van der Waals surface area contributed by atoms with Crippen molar-refractivity contribution in [2.75, 3.05) is 16.4 Å². The molecule has 4 aromatic rings. The predicted molar refractivity (Wildman–Crippen MR) is 123 cm³/mol. The Morgan fingerprint density at radius 1 is 0.969 bits per heavy atom. The molecule has 0 bridgehead atoms. The molecule has 2 aromatic carbocycles. The molecule has 0 fully saturated rings. The number of aryl methyl sites for hydroxylation is 2. The maximum absolute atomic E-state index is 13.4. The second-order valence-corrected chi connectivity index (χ2v) is 8.17. The average molecular weight is 450 g/mol. The van der Waals surface area contributed by atoms with Gasteiger partial charge in [-0.15, -0.1) is 10.2 Å². The number of amides is 2. The van der Waals surface area contributed by atoms with Crippen LogP contribution in [0.5, 0.6) is 0 Å². The van der Waals surface area contributed by atoms with Crippen LogP contribution in [0.2, 0.25) is 0 Å². The van der Waals surface area contributed by atoms with E-state index >= 15 is 0 Å². The first-order valence-corrected chi connectivity index (χ1v) is 10.8. The van der Waals surface area contributed by atoms with E-state index in [1.165, 1.54) is 30.0 Å². The van der Waals surface area contributed by atoms with Crippen LogP contribution in [0, 0.1) is 19.7 Å². The number of anilines is 2. The summed E-state index contributed by atoms with van der Waals surface area (Å²) in [4.78, 5) is 24.9. The van der Waals surface area contributed by atoms with E-state index in [2.05, 4.69) is 20.8 Å². The SMILES string of the molecule is Cc1ccc(NC(=O)CSc2nnc3ccc(C(=O)Nc4cccc(F)c4)cn23)cc1C. The summed E-state index contributed by atoms with van der Waals surface area (Å²) in [5.41, 5.74) is 4.25. The number of hydrogen-bond acceptors (Lipinski definition) is 5. The number of benzene rings is 2. The van der Waals surface area contributed by atoms with Crippen LogP contribution >= 0.6 is 11.8 Å². The third-order valence-corrected chi connectivity index (χ3v) is 5.78. The molecule has 0 unspecified atom stereocenters. The molecule has 9 heteroatoms. The van der Waals surface area contributed by atoms with Gasteiger partial charge in [0.2, 0.25) is 5.91 Å². The minimum atomic E-state index is -0.435. The van der Waals surface area contributed by atoms with Gasteiger partial charge in [0.15, 0.2) is 10.8 Å². The summed E-state index contributed by atoms with van der Waals surface area (Å²) >= 11 is 1.21. The van der Waals surface area contributed by atoms with Crippen molar-refractivity contribution in [1.29, 1.82) is 0 Å². The molecule has 0 radical (unpaired) electrons. The van der Waals surface area contributed by atoms with Crippen molar-refractivity contribution < 1.29 is 14.0 Å². The van der Waals surface area contributed by atoms with Gasteiger partial charge in [0, 0.05) is 17.6 Å². The van der Waals surface area contributed by atoms with Gasteiger partial charge in [-0.05, 0) is 67.4 Å². The van der Waals surface area contributed by atoms with Gasteiger partial charge < -0.3 is 10.6 Å². The molecular formula is C23H20FN5O2S. The van der Waals surface area contributed by atoms with Gasteiger partial charge in [-0.25, -0.2) is 4.39 Å². The minimum absolute atomic E-state index is 0.132. The van der Waals surface area contributed by atoms with Crippen molar-refractivity contribution >= 4 is 40.6 Å². The van der Waals surface area contributed by atoms with Crippen LogP contribution < -0.4 is 10.6 Å². The van der Waals surface area contributed by atoms with Crippen LogP contribution in [0.15, 0.2) is 66.0 Å². The second kappa shape index (κ2) is 9.19. The molecule has 2 amide bonds. The molecule has 2 heterocycles. The molecule has 0 aliphatic carbocycles. The normalized spacial score (nSPS) is 10.8. The molecular weight excluding hydrogens is 429 g/mol. The fourth-order valence-corrected chi connectivity index (χ4v) is 3.73. The number of rotatable bonds is 6. The van der Waals surface area contributed by atoms with Gasteiger partial charge in [-0.3, -0.25) is 14.0 Å². The lowest BCUT2D eigenvalue weighted by atomic mass is 10.1. The topological polar surface area (TPSA) is 88.4 Å². The van der Waals surface area contributed by atoms with Crippen LogP contribution in [0.4, 0.5) is 15.8 Å². The van der Waals surface area contributed by atoms with Crippen molar-refractivity contribution in [3.63, 3.8) is 0 Å². The zero-order chi connectivity index (χ0) is 22.7. The van der Waals surface area contributed by atoms with Gasteiger partial charge in [-0.2, -0.15) is 0 Å². The maximum atomic E-state index is 13.4. The summed E-state index contributed by atoms with van der Waals surface area (Å²) in [7, 11) is 0. The molecule has 0 aliphatic heterocycles. The molecule has 0 saturated heterocycles. The molecule has 0 atom stereocenters. The third-order valence-electron chi connectivity index (χ3n) is 4.84. The highest BCUT2D eigenvalue weighted by atomic mass is 32.2. The van der Waals surface area contributed by atoms with Crippen molar-refractivity contribution in [2.24, 2.45) is 0 Å². The fourth-order valence-electron chi connectivity index (χ4n) is 3.02. The summed E-state index contributed by atoms with van der Waals surface area (Å²) < 4.78 is 15.0. The van der Waals surface area contributed by atoms with Crippen LogP contribution in [0.1, 0.15) is 21.5 Å². The zero-order valence-corrected chi connectivity index (χ0v) is 18.2. The lowest BCUT2D eigenvalue weighted by molar-refractivity contribution is -0.113. The monoisotopic (exact) mass is 449 g/mol. The molecule has 0 saturated carbocycles. The Bertz CT molecular complexity index is 1320. The standard InChI is InChI=1S/C23H20FN5O2S/c1-14-6-8-19(10-15(14)2)25-21(30)13-32-23-28-27-20-9-7-16(12-29(20)23)22(31)26-18-5-3-4-17(24)11-18/h3-12H,13H2,1-2H3,(H,25,30)(H,26,31). The van der Waals surface area contributed by atoms with Crippen LogP contribution in [0.3, 0.4) is 0 Å². The number of aromatic nitrogens is 3. The van der Waals surface area contributed by atoms with E-state index in [0.717, 1.165) is 16.8 Å². The zero-order valence-electron chi connectivity index (χ0n) is 17.4. The van der Waals surface area contributed by atoms with Gasteiger partial charge in [-0.1, -0.05) is 23.9 Å². The number of carbonyl (C=O) groups excluding carboxylic acids is 2. The molecule has 7 nitrogen and oxygen atoms in total. The average Bonchev–Trinajstić information content (AvgIpc) is 3.17. The highest BCUT2D eigenvalue weighted by molar-refractivity contribution is 7.99. The first-order valence-electron chi connectivity index (χ1n) is 9.80. The van der Waals surface area contributed by atoms with Crippen molar-refractivity contribution in [2.45, 2.75) is 19.0 Å². The van der Waals surface area contributed by atoms with E-state index in [1.807, 2.05) is 32.0 Å². The van der Waals surface area contributed by atoms with Gasteiger partial charge in [0.05, 0.1) is 11.3 Å². The van der Waals surface area contributed by atoms with E-state index in [0.29, 0.717) is 22.1 Å². The Morgan fingerprint density at radius 3 is 2.56 bits per heavy atom. The van der Waals surface area contributed by atoms with Crippen molar-refractivity contribution in [1.82, 2.24) is 14.6 Å². The highest BCUT2D eigenvalue weighted by Gasteiger charge is 2.13. The van der Waals surface area contributed by atoms with Crippen LogP contribution in [-0.4, -0.2) is 32.2 Å². The van der Waals surface area contributed by atoms with Crippen LogP contribution in [-0.2, 0) is 4.79 Å². The lowest BCUT2D eigenvalue weighted by Gasteiger charge is -2.08. The number of pyridine rings is 1. The molecule has 2 aromatic heterocycles. The van der Waals surface area contributed by atoms with Gasteiger partial charge in [0.1, 0.15) is 5.82 Å². The maximum Gasteiger partial charge on any atom is 0.257 e. The Hall–Kier alpha value is -3.72. The Labute approximate surface area is 188 Å². The van der Waals surface area contributed by atoms with Gasteiger partial charge in [0.25, 0.3) is 5.91 Å². The molecule has 0 spiro atoms. The number of thioether (sulfide) groups is 1. The number of halogens is 1. The summed E-state index contributed by atoms with van der Waals surface area (Å²) in [5.74, 6) is -0.868. The van der Waals surface area contributed by atoms with Crippen LogP contribution in [0.25, 0.3) is 5.65 Å². The van der Waals surface area contributed by atoms with Gasteiger partial charge >= 0.3 is 0 Å². The number of nitrogens with zero attached hydrogens (tertiary/aromatic N) is 3. The van der Waals surface area contributed by atoms with Crippen molar-refractivity contribution in [3.8, 4) is 0 Å². The third kappa shape index (κ3) is 4.94. The molecule has 162 valence electrons. The number of carbonyl (C=O) groups is 2. The smallest absolute Gasteiger partial charge is 0.257 e. The first kappa shape index (κ1) is 21.5. The van der Waals surface area contributed by atoms with E-state index < -0.39 is 11.7 Å².